The number of halogens is 1. The first-order chi connectivity index (χ1) is 16.0. The summed E-state index contributed by atoms with van der Waals surface area (Å²) in [6.45, 7) is 4.45. The number of nitrogens with zero attached hydrogens (tertiary/aromatic N) is 5. The van der Waals surface area contributed by atoms with Crippen molar-refractivity contribution in [3.63, 3.8) is 0 Å². The third kappa shape index (κ3) is 4.36. The average molecular weight is 480 g/mol. The summed E-state index contributed by atoms with van der Waals surface area (Å²) in [5, 5.41) is 5.98. The number of aryl methyl sites for hydroxylation is 1. The van der Waals surface area contributed by atoms with Gasteiger partial charge < -0.3 is 9.80 Å². The van der Waals surface area contributed by atoms with Crippen LogP contribution in [0.4, 0.5) is 5.69 Å². The van der Waals surface area contributed by atoms with Gasteiger partial charge >= 0.3 is 0 Å². The number of anilines is 1. The van der Waals surface area contributed by atoms with Gasteiger partial charge in [0.2, 0.25) is 5.91 Å². The standard InChI is InChI=1S/C24H22ClN5O2S/c1-16-26-22-23(33-16)21(17-7-9-18(25)10-8-17)27-30(24(22)32)15-20(31)29-13-11-28(12-14-29)19-5-3-2-4-6-19/h2-10H,11-15H2,1H3. The molecular weight excluding hydrogens is 458 g/mol. The van der Waals surface area contributed by atoms with E-state index in [1.54, 1.807) is 17.0 Å². The molecule has 2 aromatic carbocycles. The van der Waals surface area contributed by atoms with E-state index < -0.39 is 0 Å². The van der Waals surface area contributed by atoms with E-state index in [1.165, 1.54) is 16.0 Å². The number of hydrogen-bond donors (Lipinski definition) is 0. The Morgan fingerprint density at radius 2 is 1.73 bits per heavy atom. The van der Waals surface area contributed by atoms with Gasteiger partial charge in [0.25, 0.3) is 5.56 Å². The first kappa shape index (κ1) is 21.6. The smallest absolute Gasteiger partial charge is 0.294 e. The molecule has 0 atom stereocenters. The Kier molecular flexibility index (Phi) is 5.86. The molecule has 1 saturated heterocycles. The zero-order valence-corrected chi connectivity index (χ0v) is 19.6. The summed E-state index contributed by atoms with van der Waals surface area (Å²) in [6, 6.07) is 17.5. The second-order valence-corrected chi connectivity index (χ2v) is 9.57. The Balaban J connectivity index is 1.40. The van der Waals surface area contributed by atoms with Crippen molar-refractivity contribution in [1.82, 2.24) is 19.7 Å². The Morgan fingerprint density at radius 1 is 1.03 bits per heavy atom. The molecule has 1 aliphatic heterocycles. The van der Waals surface area contributed by atoms with Crippen molar-refractivity contribution in [2.45, 2.75) is 13.5 Å². The summed E-state index contributed by atoms with van der Waals surface area (Å²) in [6.07, 6.45) is 0. The number of carbonyl (C=O) groups is 1. The van der Waals surface area contributed by atoms with E-state index in [1.807, 2.05) is 37.3 Å². The molecule has 5 rings (SSSR count). The third-order valence-corrected chi connectivity index (χ3v) is 6.99. The minimum absolute atomic E-state index is 0.114. The van der Waals surface area contributed by atoms with Gasteiger partial charge in [-0.25, -0.2) is 9.67 Å². The quantitative estimate of drug-likeness (QED) is 0.445. The van der Waals surface area contributed by atoms with E-state index in [4.69, 9.17) is 11.6 Å². The van der Waals surface area contributed by atoms with Crippen LogP contribution < -0.4 is 10.5 Å². The highest BCUT2D eigenvalue weighted by Gasteiger charge is 2.23. The van der Waals surface area contributed by atoms with Crippen LogP contribution in [0.1, 0.15) is 5.01 Å². The van der Waals surface area contributed by atoms with E-state index in [-0.39, 0.29) is 18.0 Å². The summed E-state index contributed by atoms with van der Waals surface area (Å²) < 4.78 is 1.97. The molecule has 0 unspecified atom stereocenters. The van der Waals surface area contributed by atoms with Crippen molar-refractivity contribution in [1.29, 1.82) is 0 Å². The maximum absolute atomic E-state index is 13.1. The van der Waals surface area contributed by atoms with Crippen LogP contribution in [0, 0.1) is 6.92 Å². The molecule has 0 saturated carbocycles. The van der Waals surface area contributed by atoms with Crippen LogP contribution in [0.5, 0.6) is 0 Å². The lowest BCUT2D eigenvalue weighted by Gasteiger charge is -2.36. The summed E-state index contributed by atoms with van der Waals surface area (Å²) in [7, 11) is 0. The Hall–Kier alpha value is -3.23. The van der Waals surface area contributed by atoms with E-state index in [0.29, 0.717) is 29.3 Å². The van der Waals surface area contributed by atoms with Crippen LogP contribution in [0.2, 0.25) is 5.02 Å². The molecule has 2 aromatic heterocycles. The highest BCUT2D eigenvalue weighted by molar-refractivity contribution is 7.19. The van der Waals surface area contributed by atoms with Crippen molar-refractivity contribution in [3.05, 3.63) is 75.0 Å². The maximum atomic E-state index is 13.1. The number of benzene rings is 2. The van der Waals surface area contributed by atoms with Gasteiger partial charge in [-0.1, -0.05) is 41.9 Å². The maximum Gasteiger partial charge on any atom is 0.294 e. The Labute approximate surface area is 199 Å². The predicted molar refractivity (Wildman–Crippen MR) is 132 cm³/mol. The second-order valence-electron chi connectivity index (χ2n) is 7.93. The van der Waals surface area contributed by atoms with Crippen molar-refractivity contribution in [2.24, 2.45) is 0 Å². The largest absolute Gasteiger partial charge is 0.368 e. The minimum Gasteiger partial charge on any atom is -0.368 e. The summed E-state index contributed by atoms with van der Waals surface area (Å²) in [4.78, 5) is 34.6. The molecule has 168 valence electrons. The highest BCUT2D eigenvalue weighted by Crippen LogP contribution is 2.30. The fourth-order valence-electron chi connectivity index (χ4n) is 4.05. The molecule has 1 aliphatic rings. The van der Waals surface area contributed by atoms with Crippen LogP contribution in [-0.2, 0) is 11.3 Å². The van der Waals surface area contributed by atoms with Crippen molar-refractivity contribution >= 4 is 44.7 Å². The van der Waals surface area contributed by atoms with Crippen molar-refractivity contribution < 1.29 is 4.79 Å². The number of para-hydroxylation sites is 1. The van der Waals surface area contributed by atoms with Gasteiger partial charge in [-0.3, -0.25) is 9.59 Å². The number of thiazole rings is 1. The highest BCUT2D eigenvalue weighted by atomic mass is 35.5. The van der Waals surface area contributed by atoms with Crippen molar-refractivity contribution in [3.8, 4) is 11.3 Å². The molecule has 1 amide bonds. The van der Waals surface area contributed by atoms with Gasteiger partial charge in [-0.15, -0.1) is 11.3 Å². The fourth-order valence-corrected chi connectivity index (χ4v) is 5.09. The van der Waals surface area contributed by atoms with E-state index in [2.05, 4.69) is 27.1 Å². The molecular formula is C24H22ClN5O2S. The van der Waals surface area contributed by atoms with Gasteiger partial charge in [0.15, 0.2) is 5.52 Å². The molecule has 0 radical (unpaired) electrons. The number of hydrogen-bond acceptors (Lipinski definition) is 6. The lowest BCUT2D eigenvalue weighted by Crippen LogP contribution is -2.50. The molecule has 1 fully saturated rings. The van der Waals surface area contributed by atoms with Crippen LogP contribution in [0.15, 0.2) is 59.4 Å². The topological polar surface area (TPSA) is 71.3 Å². The number of carbonyl (C=O) groups excluding carboxylic acids is 1. The zero-order valence-electron chi connectivity index (χ0n) is 18.1. The number of fused-ring (bicyclic) bond motifs is 1. The molecule has 33 heavy (non-hydrogen) atoms. The average Bonchev–Trinajstić information content (AvgIpc) is 3.24. The van der Waals surface area contributed by atoms with Gasteiger partial charge in [0.05, 0.1) is 9.71 Å². The minimum atomic E-state index is -0.344. The van der Waals surface area contributed by atoms with Gasteiger partial charge in [-0.2, -0.15) is 5.10 Å². The normalized spacial score (nSPS) is 14.1. The van der Waals surface area contributed by atoms with Crippen LogP contribution in [0.25, 0.3) is 21.5 Å². The Bertz CT molecular complexity index is 1360. The summed E-state index contributed by atoms with van der Waals surface area (Å²) >= 11 is 7.47. The van der Waals surface area contributed by atoms with Crippen molar-refractivity contribution in [2.75, 3.05) is 31.1 Å². The van der Waals surface area contributed by atoms with Crippen LogP contribution in [-0.4, -0.2) is 51.8 Å². The number of rotatable bonds is 4. The monoisotopic (exact) mass is 479 g/mol. The van der Waals surface area contributed by atoms with Gasteiger partial charge in [0.1, 0.15) is 12.2 Å². The summed E-state index contributed by atoms with van der Waals surface area (Å²) in [5.74, 6) is -0.120. The first-order valence-electron chi connectivity index (χ1n) is 10.7. The molecule has 4 aromatic rings. The molecule has 9 heteroatoms. The fraction of sp³-hybridized carbons (Fsp3) is 0.250. The van der Waals surface area contributed by atoms with Gasteiger partial charge in [0, 0.05) is 42.5 Å². The molecule has 0 aliphatic carbocycles. The first-order valence-corrected chi connectivity index (χ1v) is 11.9. The SMILES string of the molecule is Cc1nc2c(=O)n(CC(=O)N3CCN(c4ccccc4)CC3)nc(-c3ccc(Cl)cc3)c2s1. The third-order valence-electron chi connectivity index (χ3n) is 5.76. The second kappa shape index (κ2) is 8.96. The Morgan fingerprint density at radius 3 is 2.42 bits per heavy atom. The molecule has 0 spiro atoms. The summed E-state index contributed by atoms with van der Waals surface area (Å²) in [5.41, 5.74) is 2.61. The zero-order chi connectivity index (χ0) is 22.9. The van der Waals surface area contributed by atoms with Crippen LogP contribution in [0.3, 0.4) is 0 Å². The van der Waals surface area contributed by atoms with E-state index >= 15 is 0 Å². The lowest BCUT2D eigenvalue weighted by atomic mass is 10.1. The molecule has 0 bridgehead atoms. The lowest BCUT2D eigenvalue weighted by molar-refractivity contribution is -0.132. The van der Waals surface area contributed by atoms with Gasteiger partial charge in [-0.05, 0) is 31.2 Å². The van der Waals surface area contributed by atoms with Crippen LogP contribution >= 0.6 is 22.9 Å². The van der Waals surface area contributed by atoms with E-state index in [9.17, 15) is 9.59 Å². The number of amides is 1. The molecule has 0 N–H and O–H groups in total. The van der Waals surface area contributed by atoms with E-state index in [0.717, 1.165) is 34.0 Å². The molecule has 3 heterocycles. The number of aromatic nitrogens is 3. The molecule has 7 nitrogen and oxygen atoms in total. The predicted octanol–water partition coefficient (Wildman–Crippen LogP) is 3.83. The number of piperazine rings is 1.